The smallest absolute Gasteiger partial charge is 0.416 e. The minimum atomic E-state index is -4.41. The molecule has 8 nitrogen and oxygen atoms in total. The molecule has 2 aliphatic heterocycles. The van der Waals surface area contributed by atoms with Crippen LogP contribution < -0.4 is 10.2 Å². The number of halogens is 3. The van der Waals surface area contributed by atoms with Crippen molar-refractivity contribution in [3.63, 3.8) is 0 Å². The number of alkyl halides is 3. The molecule has 0 spiro atoms. The standard InChI is InChI=1S/C31H39F3N6O2/c1-23-18-27(42-24(23)2)6-9-36-22-30(25-4-3-5-26(19-25)31(32,33)34)7-12-40(13-8-30)29(41)21-38-14-16-39(17-15-38)28-20-35-10-11-37-28/h3-5,10-11,18-20,36H,6-9,12-17,21-22H2,1-2H3. The molecule has 11 heteroatoms. The minimum absolute atomic E-state index is 0.0668. The van der Waals surface area contributed by atoms with Crippen LogP contribution in [0.5, 0.6) is 0 Å². The monoisotopic (exact) mass is 584 g/mol. The second-order valence-corrected chi connectivity index (χ2v) is 11.4. The van der Waals surface area contributed by atoms with Crippen molar-refractivity contribution >= 4 is 11.7 Å². The van der Waals surface area contributed by atoms with Crippen LogP contribution in [-0.2, 0) is 22.8 Å². The maximum Gasteiger partial charge on any atom is 0.416 e. The van der Waals surface area contributed by atoms with E-state index in [-0.39, 0.29) is 5.91 Å². The second-order valence-electron chi connectivity index (χ2n) is 11.4. The zero-order valence-electron chi connectivity index (χ0n) is 24.3. The number of benzene rings is 1. The van der Waals surface area contributed by atoms with Gasteiger partial charge in [0.15, 0.2) is 0 Å². The molecule has 0 radical (unpaired) electrons. The van der Waals surface area contributed by atoms with Gasteiger partial charge in [-0.2, -0.15) is 13.2 Å². The van der Waals surface area contributed by atoms with E-state index in [1.165, 1.54) is 12.1 Å². The molecule has 2 aromatic heterocycles. The van der Waals surface area contributed by atoms with Gasteiger partial charge in [0.2, 0.25) is 5.91 Å². The number of likely N-dealkylation sites (tertiary alicyclic amines) is 1. The van der Waals surface area contributed by atoms with Crippen LogP contribution in [0.25, 0.3) is 0 Å². The van der Waals surface area contributed by atoms with Crippen molar-refractivity contribution in [2.24, 2.45) is 0 Å². The zero-order chi connectivity index (χ0) is 29.7. The van der Waals surface area contributed by atoms with Crippen LogP contribution in [0.4, 0.5) is 19.0 Å². The lowest BCUT2D eigenvalue weighted by atomic mass is 9.72. The van der Waals surface area contributed by atoms with Crippen LogP contribution in [0.1, 0.15) is 41.1 Å². The van der Waals surface area contributed by atoms with Crippen LogP contribution in [0.2, 0.25) is 0 Å². The van der Waals surface area contributed by atoms with Crippen molar-refractivity contribution in [1.29, 1.82) is 0 Å². The van der Waals surface area contributed by atoms with Gasteiger partial charge in [-0.25, -0.2) is 4.98 Å². The van der Waals surface area contributed by atoms with Gasteiger partial charge in [0, 0.05) is 76.6 Å². The number of carbonyl (C=O) groups excluding carboxylic acids is 1. The van der Waals surface area contributed by atoms with Gasteiger partial charge in [0.05, 0.1) is 18.3 Å². The normalized spacial score (nSPS) is 17.9. The third-order valence-electron chi connectivity index (χ3n) is 8.71. The summed E-state index contributed by atoms with van der Waals surface area (Å²) in [7, 11) is 0. The van der Waals surface area contributed by atoms with Gasteiger partial charge >= 0.3 is 6.18 Å². The molecule has 2 saturated heterocycles. The quantitative estimate of drug-likeness (QED) is 0.378. The Labute approximate surface area is 244 Å². The number of amides is 1. The summed E-state index contributed by atoms with van der Waals surface area (Å²) < 4.78 is 46.6. The molecule has 1 aromatic carbocycles. The van der Waals surface area contributed by atoms with E-state index < -0.39 is 17.2 Å². The van der Waals surface area contributed by atoms with Gasteiger partial charge in [-0.15, -0.1) is 0 Å². The molecule has 1 N–H and O–H groups in total. The fraction of sp³-hybridized carbons (Fsp3) is 0.516. The van der Waals surface area contributed by atoms with Crippen molar-refractivity contribution < 1.29 is 22.4 Å². The molecular weight excluding hydrogens is 545 g/mol. The molecular formula is C31H39F3N6O2. The minimum Gasteiger partial charge on any atom is -0.466 e. The Kier molecular flexibility index (Phi) is 9.17. The molecule has 1 amide bonds. The summed E-state index contributed by atoms with van der Waals surface area (Å²) >= 11 is 0. The highest BCUT2D eigenvalue weighted by atomic mass is 19.4. The molecule has 5 rings (SSSR count). The summed E-state index contributed by atoms with van der Waals surface area (Å²) in [6.45, 7) is 9.52. The lowest BCUT2D eigenvalue weighted by molar-refractivity contribution is -0.137. The van der Waals surface area contributed by atoms with Crippen LogP contribution in [-0.4, -0.2) is 84.6 Å². The molecule has 226 valence electrons. The summed E-state index contributed by atoms with van der Waals surface area (Å²) in [5.41, 5.74) is 0.631. The van der Waals surface area contributed by atoms with Crippen LogP contribution in [0.15, 0.2) is 53.3 Å². The second kappa shape index (κ2) is 12.8. The first kappa shape index (κ1) is 30.0. The predicted octanol–water partition coefficient (Wildman–Crippen LogP) is 4.22. The van der Waals surface area contributed by atoms with Crippen molar-refractivity contribution in [2.75, 3.05) is 63.8 Å². The van der Waals surface area contributed by atoms with Gasteiger partial charge < -0.3 is 19.5 Å². The largest absolute Gasteiger partial charge is 0.466 e. The third kappa shape index (κ3) is 7.12. The Balaban J connectivity index is 1.19. The van der Waals surface area contributed by atoms with E-state index in [4.69, 9.17) is 4.42 Å². The predicted molar refractivity (Wildman–Crippen MR) is 154 cm³/mol. The number of carbonyl (C=O) groups is 1. The molecule has 2 fully saturated rings. The molecule has 3 aromatic rings. The summed E-state index contributed by atoms with van der Waals surface area (Å²) in [4.78, 5) is 28.0. The molecule has 0 bridgehead atoms. The van der Waals surface area contributed by atoms with Crippen LogP contribution in [0.3, 0.4) is 0 Å². The number of piperazine rings is 1. The average Bonchev–Trinajstić information content (AvgIpc) is 3.32. The summed E-state index contributed by atoms with van der Waals surface area (Å²) in [5.74, 6) is 2.70. The number of hydrogen-bond donors (Lipinski definition) is 1. The van der Waals surface area contributed by atoms with E-state index in [1.54, 1.807) is 24.7 Å². The van der Waals surface area contributed by atoms with Crippen molar-refractivity contribution in [1.82, 2.24) is 25.1 Å². The fourth-order valence-electron chi connectivity index (χ4n) is 5.97. The highest BCUT2D eigenvalue weighted by molar-refractivity contribution is 5.78. The number of furan rings is 1. The Bertz CT molecular complexity index is 1310. The number of hydrogen-bond acceptors (Lipinski definition) is 7. The topological polar surface area (TPSA) is 77.7 Å². The number of aryl methyl sites for hydroxylation is 2. The van der Waals surface area contributed by atoms with E-state index in [9.17, 15) is 18.0 Å². The maximum atomic E-state index is 13.6. The molecule has 0 unspecified atom stereocenters. The number of piperidine rings is 1. The number of anilines is 1. The SMILES string of the molecule is Cc1cc(CCNCC2(c3cccc(C(F)(F)F)c3)CCN(C(=O)CN3CCN(c4cnccn4)CC3)CC2)oc1C. The summed E-state index contributed by atoms with van der Waals surface area (Å²) in [6, 6.07) is 7.72. The first-order valence-corrected chi connectivity index (χ1v) is 14.6. The lowest BCUT2D eigenvalue weighted by Crippen LogP contribution is -2.53. The number of rotatable bonds is 9. The maximum absolute atomic E-state index is 13.6. The van der Waals surface area contributed by atoms with E-state index in [1.807, 2.05) is 24.8 Å². The molecule has 2 aliphatic rings. The van der Waals surface area contributed by atoms with Gasteiger partial charge in [-0.05, 0) is 49.9 Å². The first-order valence-electron chi connectivity index (χ1n) is 14.6. The van der Waals surface area contributed by atoms with E-state index >= 15 is 0 Å². The van der Waals surface area contributed by atoms with Gasteiger partial charge in [0.1, 0.15) is 17.3 Å². The van der Waals surface area contributed by atoms with Crippen LogP contribution >= 0.6 is 0 Å². The number of aromatic nitrogens is 2. The lowest BCUT2D eigenvalue weighted by Gasteiger charge is -2.43. The third-order valence-corrected chi connectivity index (χ3v) is 8.71. The van der Waals surface area contributed by atoms with Crippen molar-refractivity contribution in [2.45, 2.75) is 44.7 Å². The highest BCUT2D eigenvalue weighted by Gasteiger charge is 2.39. The summed E-state index contributed by atoms with van der Waals surface area (Å²) in [6.07, 6.45) is 2.54. The van der Waals surface area contributed by atoms with E-state index in [0.717, 1.165) is 55.1 Å². The van der Waals surface area contributed by atoms with E-state index in [2.05, 4.69) is 25.1 Å². The Morgan fingerprint density at radius 3 is 2.45 bits per heavy atom. The molecule has 0 atom stereocenters. The molecule has 42 heavy (non-hydrogen) atoms. The number of nitrogens with zero attached hydrogens (tertiary/aromatic N) is 5. The number of nitrogens with one attached hydrogen (secondary N) is 1. The van der Waals surface area contributed by atoms with Crippen molar-refractivity contribution in [3.05, 3.63) is 77.1 Å². The first-order chi connectivity index (χ1) is 20.1. The zero-order valence-corrected chi connectivity index (χ0v) is 24.3. The van der Waals surface area contributed by atoms with Gasteiger partial charge in [-0.3, -0.25) is 14.7 Å². The molecule has 0 saturated carbocycles. The highest BCUT2D eigenvalue weighted by Crippen LogP contribution is 2.38. The van der Waals surface area contributed by atoms with Gasteiger partial charge in [-0.1, -0.05) is 18.2 Å². The molecule has 0 aliphatic carbocycles. The van der Waals surface area contributed by atoms with Crippen molar-refractivity contribution in [3.8, 4) is 0 Å². The average molecular weight is 585 g/mol. The fourth-order valence-corrected chi connectivity index (χ4v) is 5.97. The Morgan fingerprint density at radius 2 is 1.81 bits per heavy atom. The summed E-state index contributed by atoms with van der Waals surface area (Å²) in [5, 5.41) is 3.49. The molecule has 4 heterocycles. The Hall–Kier alpha value is -3.44. The van der Waals surface area contributed by atoms with Crippen LogP contribution in [0, 0.1) is 13.8 Å². The van der Waals surface area contributed by atoms with Gasteiger partial charge in [0.25, 0.3) is 0 Å². The van der Waals surface area contributed by atoms with E-state index in [0.29, 0.717) is 57.5 Å². The Morgan fingerprint density at radius 1 is 1.05 bits per heavy atom.